The van der Waals surface area contributed by atoms with Crippen LogP contribution in [0, 0.1) is 11.3 Å². The molecule has 0 bridgehead atoms. The van der Waals surface area contributed by atoms with Crippen molar-refractivity contribution in [3.8, 4) is 23.0 Å². The van der Waals surface area contributed by atoms with Crippen LogP contribution in [0.15, 0.2) is 67.5 Å². The standard InChI is InChI=1S/C37H39N5O9/c1-18-19(2)33(45)37(3)23(32(18)44)15-26-21(31(37)22-9-8-20(49-5)14-28(22)43)10-13-41-35(47)40(36(48)42(26)41)12-11-24-34(46)39(4)27-17-30(51-7)29(50-6)16-25(27)38-24/h8-10,14,16-17,23,26,31,43H,11-13,15H2,1-7H3/t23-,26+,31+,37+/m0/s1. The average Bonchev–Trinajstić information content (AvgIpc) is 3.38. The number of carbonyl (C=O) groups is 2. The SMILES string of the molecule is COc1ccc([C@H]2C3=CCn4c(=O)n(CCc5nc6cc(OC)c(OC)cc6n(C)c5=O)c(=O)n4[C@@H]3C[C@H]3C(=O)C(C)=C(C)C(=O)[C@@]23C)c(O)c1. The van der Waals surface area contributed by atoms with E-state index in [0.717, 1.165) is 4.57 Å². The lowest BCUT2D eigenvalue weighted by molar-refractivity contribution is -0.140. The summed E-state index contributed by atoms with van der Waals surface area (Å²) in [5.74, 6) is -0.843. The van der Waals surface area contributed by atoms with Gasteiger partial charge in [-0.1, -0.05) is 19.1 Å². The third kappa shape index (κ3) is 4.75. The molecule has 14 heteroatoms. The highest BCUT2D eigenvalue weighted by molar-refractivity contribution is 6.15. The molecule has 0 saturated heterocycles. The van der Waals surface area contributed by atoms with Crippen molar-refractivity contribution in [3.63, 3.8) is 0 Å². The van der Waals surface area contributed by atoms with Crippen LogP contribution < -0.4 is 31.1 Å². The smallest absolute Gasteiger partial charge is 0.347 e. The second-order valence-corrected chi connectivity index (χ2v) is 13.6. The highest BCUT2D eigenvalue weighted by Gasteiger charge is 2.60. The Bertz CT molecular complexity index is 2430. The maximum atomic E-state index is 14.2. The second kappa shape index (κ2) is 12.0. The van der Waals surface area contributed by atoms with E-state index in [0.29, 0.717) is 50.6 Å². The number of aromatic nitrogens is 5. The van der Waals surface area contributed by atoms with E-state index in [-0.39, 0.29) is 54.5 Å². The number of carbonyl (C=O) groups excluding carboxylic acids is 2. The van der Waals surface area contributed by atoms with Crippen LogP contribution in [0.1, 0.15) is 50.4 Å². The molecule has 4 aromatic rings. The van der Waals surface area contributed by atoms with E-state index in [4.69, 9.17) is 14.2 Å². The molecule has 3 aliphatic rings. The predicted molar refractivity (Wildman–Crippen MR) is 186 cm³/mol. The number of hydrogen-bond acceptors (Lipinski definition) is 10. The average molecular weight is 698 g/mol. The van der Waals surface area contributed by atoms with E-state index in [9.17, 15) is 29.1 Å². The Balaban J connectivity index is 1.31. The fourth-order valence-electron chi connectivity index (χ4n) is 8.41. The maximum Gasteiger partial charge on any atom is 0.347 e. The molecule has 0 radical (unpaired) electrons. The molecule has 0 spiro atoms. The zero-order valence-corrected chi connectivity index (χ0v) is 29.5. The second-order valence-electron chi connectivity index (χ2n) is 13.6. The molecule has 0 amide bonds. The van der Waals surface area contributed by atoms with Crippen LogP contribution in [0.25, 0.3) is 11.0 Å². The van der Waals surface area contributed by atoms with Crippen LogP contribution in [0.2, 0.25) is 0 Å². The Hall–Kier alpha value is -5.66. The van der Waals surface area contributed by atoms with Gasteiger partial charge in [-0.3, -0.25) is 14.4 Å². The fourth-order valence-corrected chi connectivity index (χ4v) is 8.41. The summed E-state index contributed by atoms with van der Waals surface area (Å²) in [5, 5.41) is 11.3. The fraction of sp³-hybridized carbons (Fsp3) is 0.405. The van der Waals surface area contributed by atoms with Crippen molar-refractivity contribution in [1.29, 1.82) is 0 Å². The van der Waals surface area contributed by atoms with E-state index in [1.165, 1.54) is 41.3 Å². The Kier molecular flexibility index (Phi) is 7.95. The van der Waals surface area contributed by atoms with Crippen LogP contribution in [0.4, 0.5) is 0 Å². The number of aryl methyl sites for hydroxylation is 2. The first-order chi connectivity index (χ1) is 24.3. The summed E-state index contributed by atoms with van der Waals surface area (Å²) >= 11 is 0. The molecule has 1 aliphatic heterocycles. The van der Waals surface area contributed by atoms with Gasteiger partial charge < -0.3 is 23.9 Å². The lowest BCUT2D eigenvalue weighted by atomic mass is 9.50. The van der Waals surface area contributed by atoms with Gasteiger partial charge in [0.1, 0.15) is 17.2 Å². The minimum atomic E-state index is -1.27. The third-order valence-electron chi connectivity index (χ3n) is 11.3. The molecule has 2 aromatic heterocycles. The first-order valence-corrected chi connectivity index (χ1v) is 16.6. The van der Waals surface area contributed by atoms with Gasteiger partial charge >= 0.3 is 11.4 Å². The van der Waals surface area contributed by atoms with Crippen molar-refractivity contribution in [3.05, 3.63) is 95.7 Å². The molecule has 1 saturated carbocycles. The predicted octanol–water partition coefficient (Wildman–Crippen LogP) is 2.81. The molecule has 7 rings (SSSR count). The normalized spacial score (nSPS) is 22.7. The number of ketones is 2. The van der Waals surface area contributed by atoms with Crippen LogP contribution in [0.5, 0.6) is 23.0 Å². The third-order valence-corrected chi connectivity index (χ3v) is 11.3. The van der Waals surface area contributed by atoms with Gasteiger partial charge in [0.05, 0.1) is 50.4 Å². The molecule has 266 valence electrons. The highest BCUT2D eigenvalue weighted by atomic mass is 16.5. The molecule has 2 aromatic carbocycles. The van der Waals surface area contributed by atoms with Crippen molar-refractivity contribution in [2.24, 2.45) is 18.4 Å². The van der Waals surface area contributed by atoms with Gasteiger partial charge in [0.2, 0.25) is 0 Å². The lowest BCUT2D eigenvalue weighted by Gasteiger charge is -2.53. The number of rotatable bonds is 7. The molecule has 2 aliphatic carbocycles. The van der Waals surface area contributed by atoms with Crippen molar-refractivity contribution in [2.45, 2.75) is 58.7 Å². The summed E-state index contributed by atoms with van der Waals surface area (Å²) in [6.07, 6.45) is 1.92. The number of phenols is 1. The van der Waals surface area contributed by atoms with Crippen LogP contribution in [0.3, 0.4) is 0 Å². The van der Waals surface area contributed by atoms with Crippen LogP contribution >= 0.6 is 0 Å². The van der Waals surface area contributed by atoms with Gasteiger partial charge in [-0.05, 0) is 43.1 Å². The summed E-state index contributed by atoms with van der Waals surface area (Å²) in [5.41, 5.74) is 0.140. The van der Waals surface area contributed by atoms with E-state index < -0.39 is 34.7 Å². The van der Waals surface area contributed by atoms with E-state index in [2.05, 4.69) is 4.98 Å². The summed E-state index contributed by atoms with van der Waals surface area (Å²) in [4.78, 5) is 74.2. The Morgan fingerprint density at radius 2 is 1.65 bits per heavy atom. The van der Waals surface area contributed by atoms with Crippen LogP contribution in [-0.2, 0) is 36.1 Å². The molecular formula is C37H39N5O9. The molecule has 3 heterocycles. The summed E-state index contributed by atoms with van der Waals surface area (Å²) in [6.45, 7) is 4.94. The monoisotopic (exact) mass is 697 g/mol. The zero-order chi connectivity index (χ0) is 36.7. The number of hydrogen-bond donors (Lipinski definition) is 1. The first-order valence-electron chi connectivity index (χ1n) is 16.6. The minimum Gasteiger partial charge on any atom is -0.508 e. The van der Waals surface area contributed by atoms with E-state index >= 15 is 0 Å². The molecule has 51 heavy (non-hydrogen) atoms. The number of allylic oxidation sites excluding steroid dienone is 4. The molecule has 14 nitrogen and oxygen atoms in total. The summed E-state index contributed by atoms with van der Waals surface area (Å²) in [6, 6.07) is 7.38. The van der Waals surface area contributed by atoms with Crippen LogP contribution in [-0.4, -0.2) is 61.5 Å². The number of ether oxygens (including phenoxy) is 3. The van der Waals surface area contributed by atoms with Crippen molar-refractivity contribution < 1.29 is 28.9 Å². The Morgan fingerprint density at radius 1 is 0.941 bits per heavy atom. The molecule has 4 atom stereocenters. The lowest BCUT2D eigenvalue weighted by Crippen LogP contribution is -2.55. The number of phenolic OH excluding ortho intramolecular Hbond substituents is 1. The molecular weight excluding hydrogens is 658 g/mol. The number of benzene rings is 2. The Labute approximate surface area is 291 Å². The number of fused-ring (bicyclic) bond motifs is 5. The Morgan fingerprint density at radius 3 is 2.31 bits per heavy atom. The molecule has 1 N–H and O–H groups in total. The number of aromatic hydroxyl groups is 1. The summed E-state index contributed by atoms with van der Waals surface area (Å²) in [7, 11) is 6.08. The van der Waals surface area contributed by atoms with Gasteiger partial charge in [-0.25, -0.2) is 28.5 Å². The van der Waals surface area contributed by atoms with Gasteiger partial charge in [0.25, 0.3) is 5.56 Å². The first kappa shape index (κ1) is 33.8. The van der Waals surface area contributed by atoms with Crippen molar-refractivity contribution >= 4 is 22.6 Å². The minimum absolute atomic E-state index is 0.0135. The molecule has 1 fully saturated rings. The molecule has 0 unspecified atom stereocenters. The van der Waals surface area contributed by atoms with E-state index in [1.807, 2.05) is 6.08 Å². The topological polar surface area (TPSA) is 166 Å². The van der Waals surface area contributed by atoms with Gasteiger partial charge in [0.15, 0.2) is 23.1 Å². The largest absolute Gasteiger partial charge is 0.508 e. The van der Waals surface area contributed by atoms with Gasteiger partial charge in [0, 0.05) is 55.6 Å². The number of nitrogens with zero attached hydrogens (tertiary/aromatic N) is 5. The van der Waals surface area contributed by atoms with Gasteiger partial charge in [-0.2, -0.15) is 0 Å². The summed E-state index contributed by atoms with van der Waals surface area (Å²) < 4.78 is 21.3. The quantitative estimate of drug-likeness (QED) is 0.284. The highest BCUT2D eigenvalue weighted by Crippen LogP contribution is 2.61. The number of methoxy groups -OCH3 is 3. The van der Waals surface area contributed by atoms with Crippen molar-refractivity contribution in [2.75, 3.05) is 21.3 Å². The van der Waals surface area contributed by atoms with Gasteiger partial charge in [-0.15, -0.1) is 0 Å². The van der Waals surface area contributed by atoms with E-state index in [1.54, 1.807) is 52.1 Å². The zero-order valence-electron chi connectivity index (χ0n) is 29.5. The number of Topliss-reactive ketones (excluding diaryl/α,β-unsaturated/α-hetero) is 2. The maximum absolute atomic E-state index is 14.2. The van der Waals surface area contributed by atoms with Crippen molar-refractivity contribution in [1.82, 2.24) is 23.5 Å².